The predicted octanol–water partition coefficient (Wildman–Crippen LogP) is 3.44. The minimum atomic E-state index is 0.151. The molecule has 0 radical (unpaired) electrons. The molecule has 0 saturated carbocycles. The monoisotopic (exact) mass is 272 g/mol. The molecule has 0 aliphatic carbocycles. The summed E-state index contributed by atoms with van der Waals surface area (Å²) in [7, 11) is 0. The number of likely N-dealkylation sites (tertiary alicyclic amines) is 1. The molecule has 98 valence electrons. The zero-order valence-corrected chi connectivity index (χ0v) is 11.5. The van der Waals surface area contributed by atoms with Crippen LogP contribution in [0, 0.1) is 0 Å². The molecule has 0 N–H and O–H groups in total. The van der Waals surface area contributed by atoms with Crippen molar-refractivity contribution < 1.29 is 4.79 Å². The molecule has 3 rings (SSSR count). The summed E-state index contributed by atoms with van der Waals surface area (Å²) < 4.78 is 0. The van der Waals surface area contributed by atoms with Crippen molar-refractivity contribution >= 4 is 17.2 Å². The van der Waals surface area contributed by atoms with Gasteiger partial charge in [0.2, 0.25) is 0 Å². The lowest BCUT2D eigenvalue weighted by atomic mass is 10.1. The van der Waals surface area contributed by atoms with E-state index in [1.54, 1.807) is 17.5 Å². The Morgan fingerprint density at radius 3 is 2.79 bits per heavy atom. The smallest absolute Gasteiger partial charge is 0.253 e. The van der Waals surface area contributed by atoms with Crippen molar-refractivity contribution in [3.63, 3.8) is 0 Å². The van der Waals surface area contributed by atoms with Crippen LogP contribution in [0.2, 0.25) is 0 Å². The lowest BCUT2D eigenvalue weighted by Crippen LogP contribution is -2.35. The summed E-state index contributed by atoms with van der Waals surface area (Å²) in [5, 5.41) is 2.92. The van der Waals surface area contributed by atoms with Crippen LogP contribution in [-0.2, 0) is 0 Å². The van der Waals surface area contributed by atoms with Gasteiger partial charge < -0.3 is 4.90 Å². The van der Waals surface area contributed by atoms with Crippen LogP contribution in [-0.4, -0.2) is 28.9 Å². The topological polar surface area (TPSA) is 33.2 Å². The second-order valence-corrected chi connectivity index (χ2v) is 5.67. The normalized spacial score (nSPS) is 15.5. The van der Waals surface area contributed by atoms with Gasteiger partial charge >= 0.3 is 0 Å². The third kappa shape index (κ3) is 2.68. The summed E-state index contributed by atoms with van der Waals surface area (Å²) in [4.78, 5) is 18.7. The van der Waals surface area contributed by atoms with E-state index in [0.29, 0.717) is 0 Å². The number of nitrogens with zero attached hydrogens (tertiary/aromatic N) is 2. The molecule has 1 saturated heterocycles. The Bertz CT molecular complexity index is 559. The maximum atomic E-state index is 12.4. The van der Waals surface area contributed by atoms with Crippen LogP contribution in [0.5, 0.6) is 0 Å². The highest BCUT2D eigenvalue weighted by Crippen LogP contribution is 2.23. The number of carbonyl (C=O) groups is 1. The lowest BCUT2D eigenvalue weighted by molar-refractivity contribution is 0.0724. The average molecular weight is 272 g/mol. The molecule has 1 amide bonds. The van der Waals surface area contributed by atoms with Crippen LogP contribution < -0.4 is 0 Å². The Morgan fingerprint density at radius 2 is 2.05 bits per heavy atom. The molecule has 0 unspecified atom stereocenters. The summed E-state index contributed by atoms with van der Waals surface area (Å²) in [5.41, 5.74) is 1.80. The number of carbonyl (C=O) groups excluding carboxylic acids is 1. The summed E-state index contributed by atoms with van der Waals surface area (Å²) >= 11 is 1.60. The van der Waals surface area contributed by atoms with Crippen molar-refractivity contribution in [2.24, 2.45) is 0 Å². The van der Waals surface area contributed by atoms with Gasteiger partial charge in [0, 0.05) is 35.8 Å². The number of piperidine rings is 1. The summed E-state index contributed by atoms with van der Waals surface area (Å²) in [6.07, 6.45) is 5.28. The van der Waals surface area contributed by atoms with E-state index in [-0.39, 0.29) is 5.91 Å². The number of hydrogen-bond acceptors (Lipinski definition) is 3. The van der Waals surface area contributed by atoms with E-state index in [4.69, 9.17) is 0 Å². The van der Waals surface area contributed by atoms with Crippen LogP contribution in [0.3, 0.4) is 0 Å². The minimum absolute atomic E-state index is 0.151. The summed E-state index contributed by atoms with van der Waals surface area (Å²) in [5.74, 6) is 0.151. The van der Waals surface area contributed by atoms with Crippen molar-refractivity contribution in [1.29, 1.82) is 0 Å². The SMILES string of the molecule is O=C(c1cccc(-c2nccs2)c1)N1CCCCC1. The third-order valence-corrected chi connectivity index (χ3v) is 4.25. The highest BCUT2D eigenvalue weighted by Gasteiger charge is 2.18. The number of hydrogen-bond donors (Lipinski definition) is 0. The first-order valence-corrected chi connectivity index (χ1v) is 7.52. The quantitative estimate of drug-likeness (QED) is 0.839. The van der Waals surface area contributed by atoms with E-state index < -0.39 is 0 Å². The highest BCUT2D eigenvalue weighted by molar-refractivity contribution is 7.13. The van der Waals surface area contributed by atoms with Gasteiger partial charge in [0.25, 0.3) is 5.91 Å². The van der Waals surface area contributed by atoms with Gasteiger partial charge in [0.15, 0.2) is 0 Å². The Labute approximate surface area is 116 Å². The molecule has 19 heavy (non-hydrogen) atoms. The second kappa shape index (κ2) is 5.53. The lowest BCUT2D eigenvalue weighted by Gasteiger charge is -2.26. The first kappa shape index (κ1) is 12.4. The molecule has 0 atom stereocenters. The van der Waals surface area contributed by atoms with Crippen LogP contribution in [0.25, 0.3) is 10.6 Å². The van der Waals surface area contributed by atoms with Crippen molar-refractivity contribution in [2.75, 3.05) is 13.1 Å². The van der Waals surface area contributed by atoms with Crippen LogP contribution in [0.1, 0.15) is 29.6 Å². The van der Waals surface area contributed by atoms with E-state index in [9.17, 15) is 4.79 Å². The first-order chi connectivity index (χ1) is 9.34. The number of thiazole rings is 1. The maximum absolute atomic E-state index is 12.4. The van der Waals surface area contributed by atoms with Crippen molar-refractivity contribution in [3.8, 4) is 10.6 Å². The van der Waals surface area contributed by atoms with Gasteiger partial charge in [0.05, 0.1) is 0 Å². The third-order valence-electron chi connectivity index (χ3n) is 3.43. The number of rotatable bonds is 2. The molecule has 3 nitrogen and oxygen atoms in total. The molecular formula is C15H16N2OS. The van der Waals surface area contributed by atoms with E-state index in [2.05, 4.69) is 4.98 Å². The molecule has 1 fully saturated rings. The van der Waals surface area contributed by atoms with E-state index >= 15 is 0 Å². The molecule has 1 aliphatic heterocycles. The molecule has 2 heterocycles. The van der Waals surface area contributed by atoms with Gasteiger partial charge in [-0.1, -0.05) is 12.1 Å². The van der Waals surface area contributed by atoms with Crippen LogP contribution >= 0.6 is 11.3 Å². The Kier molecular flexibility index (Phi) is 3.60. The number of benzene rings is 1. The fourth-order valence-electron chi connectivity index (χ4n) is 2.43. The van der Waals surface area contributed by atoms with Gasteiger partial charge in [-0.2, -0.15) is 0 Å². The predicted molar refractivity (Wildman–Crippen MR) is 77.3 cm³/mol. The summed E-state index contributed by atoms with van der Waals surface area (Å²) in [6.45, 7) is 1.78. The van der Waals surface area contributed by atoms with Gasteiger partial charge in [-0.3, -0.25) is 4.79 Å². The van der Waals surface area contributed by atoms with Gasteiger partial charge in [0.1, 0.15) is 5.01 Å². The fraction of sp³-hybridized carbons (Fsp3) is 0.333. The van der Waals surface area contributed by atoms with Gasteiger partial charge in [-0.25, -0.2) is 4.98 Å². The molecular weight excluding hydrogens is 256 g/mol. The Balaban J connectivity index is 1.84. The average Bonchev–Trinajstić information content (AvgIpc) is 3.02. The molecule has 4 heteroatoms. The van der Waals surface area contributed by atoms with Crippen molar-refractivity contribution in [1.82, 2.24) is 9.88 Å². The fourth-order valence-corrected chi connectivity index (χ4v) is 3.07. The van der Waals surface area contributed by atoms with Crippen LogP contribution in [0.15, 0.2) is 35.8 Å². The van der Waals surface area contributed by atoms with Crippen molar-refractivity contribution in [2.45, 2.75) is 19.3 Å². The zero-order valence-electron chi connectivity index (χ0n) is 10.7. The molecule has 1 aromatic heterocycles. The van der Waals surface area contributed by atoms with E-state index in [1.165, 1.54) is 6.42 Å². The first-order valence-electron chi connectivity index (χ1n) is 6.64. The molecule has 2 aromatic rings. The van der Waals surface area contributed by atoms with E-state index in [1.807, 2.05) is 34.5 Å². The second-order valence-electron chi connectivity index (χ2n) is 4.77. The molecule has 1 aliphatic rings. The maximum Gasteiger partial charge on any atom is 0.253 e. The molecule has 0 spiro atoms. The largest absolute Gasteiger partial charge is 0.339 e. The standard InChI is InChI=1S/C15H16N2OS/c18-15(17-8-2-1-3-9-17)13-6-4-5-12(11-13)14-16-7-10-19-14/h4-7,10-11H,1-3,8-9H2. The van der Waals surface area contributed by atoms with Gasteiger partial charge in [-0.05, 0) is 31.4 Å². The Hall–Kier alpha value is -1.68. The number of aromatic nitrogens is 1. The molecule has 0 bridgehead atoms. The van der Waals surface area contributed by atoms with E-state index in [0.717, 1.165) is 42.1 Å². The minimum Gasteiger partial charge on any atom is -0.339 e. The van der Waals surface area contributed by atoms with Gasteiger partial charge in [-0.15, -0.1) is 11.3 Å². The zero-order chi connectivity index (χ0) is 13.1. The molecule has 1 aromatic carbocycles. The van der Waals surface area contributed by atoms with Crippen LogP contribution in [0.4, 0.5) is 0 Å². The Morgan fingerprint density at radius 1 is 1.21 bits per heavy atom. The number of amides is 1. The van der Waals surface area contributed by atoms with Crippen molar-refractivity contribution in [3.05, 3.63) is 41.4 Å². The summed E-state index contributed by atoms with van der Waals surface area (Å²) in [6, 6.07) is 7.80. The highest BCUT2D eigenvalue weighted by atomic mass is 32.1.